The van der Waals surface area contributed by atoms with Crippen LogP contribution in [-0.2, 0) is 20.3 Å². The van der Waals surface area contributed by atoms with Crippen LogP contribution in [-0.4, -0.2) is 33.2 Å². The molecule has 0 saturated heterocycles. The fourth-order valence-electron chi connectivity index (χ4n) is 2.70. The number of carbonyl (C=O) groups is 2. The Morgan fingerprint density at radius 3 is 2.38 bits per heavy atom. The highest BCUT2D eigenvalue weighted by Gasteiger charge is 2.29. The lowest BCUT2D eigenvalue weighted by atomic mass is 10.1. The average Bonchev–Trinajstić information content (AvgIpc) is 2.51. The van der Waals surface area contributed by atoms with Crippen LogP contribution >= 0.6 is 7.37 Å². The third kappa shape index (κ3) is 4.91. The maximum atomic E-state index is 12.5. The minimum Gasteiger partial charge on any atom is -0.481 e. The van der Waals surface area contributed by atoms with Crippen molar-refractivity contribution in [3.63, 3.8) is 0 Å². The SMILES string of the molecule is O=C(O)CCC(CP(=O)(O)Cc1cccc2ccccc12)C(=O)O. The number of carboxylic acids is 2. The third-order valence-electron chi connectivity index (χ3n) is 3.86. The average molecular weight is 350 g/mol. The van der Waals surface area contributed by atoms with Crippen molar-refractivity contribution in [1.82, 2.24) is 0 Å². The molecule has 0 saturated carbocycles. The molecule has 0 aliphatic rings. The van der Waals surface area contributed by atoms with Crippen LogP contribution in [0.2, 0.25) is 0 Å². The Bertz CT molecular complexity index is 795. The summed E-state index contributed by atoms with van der Waals surface area (Å²) in [5, 5.41) is 19.6. The number of fused-ring (bicyclic) bond motifs is 1. The van der Waals surface area contributed by atoms with Crippen molar-refractivity contribution in [2.24, 2.45) is 5.92 Å². The lowest BCUT2D eigenvalue weighted by Gasteiger charge is -2.17. The van der Waals surface area contributed by atoms with E-state index in [1.165, 1.54) is 0 Å². The molecule has 0 bridgehead atoms. The maximum Gasteiger partial charge on any atom is 0.307 e. The summed E-state index contributed by atoms with van der Waals surface area (Å²) < 4.78 is 12.5. The van der Waals surface area contributed by atoms with Gasteiger partial charge in [0.05, 0.1) is 12.1 Å². The van der Waals surface area contributed by atoms with Crippen molar-refractivity contribution in [2.45, 2.75) is 19.0 Å². The van der Waals surface area contributed by atoms with Crippen LogP contribution < -0.4 is 0 Å². The zero-order valence-electron chi connectivity index (χ0n) is 13.0. The molecule has 0 fully saturated rings. The van der Waals surface area contributed by atoms with Gasteiger partial charge in [-0.1, -0.05) is 42.5 Å². The van der Waals surface area contributed by atoms with Gasteiger partial charge in [0.25, 0.3) is 0 Å². The van der Waals surface area contributed by atoms with E-state index in [4.69, 9.17) is 10.2 Å². The molecule has 0 spiro atoms. The summed E-state index contributed by atoms with van der Waals surface area (Å²) in [6.45, 7) is 0. The van der Waals surface area contributed by atoms with E-state index in [0.717, 1.165) is 10.8 Å². The lowest BCUT2D eigenvalue weighted by molar-refractivity contribution is -0.142. The van der Waals surface area contributed by atoms with Gasteiger partial charge in [-0.15, -0.1) is 0 Å². The summed E-state index contributed by atoms with van der Waals surface area (Å²) >= 11 is 0. The van der Waals surface area contributed by atoms with E-state index in [1.807, 2.05) is 30.3 Å². The van der Waals surface area contributed by atoms with Crippen molar-refractivity contribution in [3.05, 3.63) is 48.0 Å². The highest BCUT2D eigenvalue weighted by atomic mass is 31.2. The number of hydrogen-bond acceptors (Lipinski definition) is 3. The minimum absolute atomic E-state index is 0.134. The second-order valence-electron chi connectivity index (χ2n) is 5.79. The molecule has 24 heavy (non-hydrogen) atoms. The molecule has 2 rings (SSSR count). The van der Waals surface area contributed by atoms with Crippen LogP contribution in [0.25, 0.3) is 10.8 Å². The van der Waals surface area contributed by atoms with Crippen LogP contribution in [0.15, 0.2) is 42.5 Å². The number of rotatable bonds is 8. The first-order valence-corrected chi connectivity index (χ1v) is 9.53. The summed E-state index contributed by atoms with van der Waals surface area (Å²) in [6.07, 6.45) is -1.07. The number of aliphatic carboxylic acids is 2. The van der Waals surface area contributed by atoms with Gasteiger partial charge in [0, 0.05) is 12.6 Å². The number of hydrogen-bond donors (Lipinski definition) is 3. The molecule has 0 aromatic heterocycles. The quantitative estimate of drug-likeness (QED) is 0.631. The van der Waals surface area contributed by atoms with Crippen LogP contribution in [0.1, 0.15) is 18.4 Å². The molecule has 0 radical (unpaired) electrons. The molecule has 2 atom stereocenters. The highest BCUT2D eigenvalue weighted by molar-refractivity contribution is 7.57. The summed E-state index contributed by atoms with van der Waals surface area (Å²) in [5.41, 5.74) is 0.682. The van der Waals surface area contributed by atoms with Crippen molar-refractivity contribution >= 4 is 30.1 Å². The molecular weight excluding hydrogens is 331 g/mol. The summed E-state index contributed by atoms with van der Waals surface area (Å²) in [4.78, 5) is 32.1. The molecule has 3 N–H and O–H groups in total. The predicted octanol–water partition coefficient (Wildman–Crippen LogP) is 3.18. The third-order valence-corrected chi connectivity index (χ3v) is 5.71. The van der Waals surface area contributed by atoms with Crippen molar-refractivity contribution in [1.29, 1.82) is 0 Å². The van der Waals surface area contributed by atoms with E-state index in [9.17, 15) is 19.0 Å². The molecule has 0 aliphatic carbocycles. The van der Waals surface area contributed by atoms with Gasteiger partial charge in [-0.2, -0.15) is 0 Å². The van der Waals surface area contributed by atoms with E-state index >= 15 is 0 Å². The zero-order chi connectivity index (χ0) is 17.7. The summed E-state index contributed by atoms with van der Waals surface area (Å²) in [5.74, 6) is -3.52. The fourth-order valence-corrected chi connectivity index (χ4v) is 4.66. The molecule has 2 aromatic carbocycles. The van der Waals surface area contributed by atoms with E-state index in [-0.39, 0.29) is 19.0 Å². The molecule has 2 aromatic rings. The molecule has 0 aliphatic heterocycles. The van der Waals surface area contributed by atoms with Crippen LogP contribution in [0.5, 0.6) is 0 Å². The van der Waals surface area contributed by atoms with Crippen LogP contribution in [0.4, 0.5) is 0 Å². The molecule has 0 heterocycles. The number of carboxylic acid groups (broad SMARTS) is 2. The van der Waals surface area contributed by atoms with Gasteiger partial charge in [-0.3, -0.25) is 14.2 Å². The Morgan fingerprint density at radius 1 is 1.04 bits per heavy atom. The monoisotopic (exact) mass is 350 g/mol. The van der Waals surface area contributed by atoms with Crippen molar-refractivity contribution in [3.8, 4) is 0 Å². The van der Waals surface area contributed by atoms with Gasteiger partial charge in [-0.05, 0) is 22.8 Å². The molecular formula is C17H19O6P. The molecule has 2 unspecified atom stereocenters. The standard InChI is InChI=1S/C17H19O6P/c18-16(19)9-8-14(17(20)21)11-24(22,23)10-13-6-3-5-12-4-1-2-7-15(12)13/h1-7,14H,8-11H2,(H,18,19)(H,20,21)(H,22,23). The van der Waals surface area contributed by atoms with E-state index in [1.54, 1.807) is 12.1 Å². The molecule has 0 amide bonds. The van der Waals surface area contributed by atoms with Gasteiger partial charge in [0.15, 0.2) is 0 Å². The first kappa shape index (κ1) is 18.2. The predicted molar refractivity (Wildman–Crippen MR) is 90.3 cm³/mol. The topological polar surface area (TPSA) is 112 Å². The largest absolute Gasteiger partial charge is 0.481 e. The van der Waals surface area contributed by atoms with Gasteiger partial charge in [-0.25, -0.2) is 0 Å². The Kier molecular flexibility index (Phi) is 5.75. The highest BCUT2D eigenvalue weighted by Crippen LogP contribution is 2.47. The minimum atomic E-state index is -3.76. The van der Waals surface area contributed by atoms with Gasteiger partial charge >= 0.3 is 11.9 Å². The Balaban J connectivity index is 2.18. The Hall–Kier alpha value is -2.17. The first-order chi connectivity index (χ1) is 11.3. The second-order valence-corrected chi connectivity index (χ2v) is 8.17. The van der Waals surface area contributed by atoms with E-state index in [0.29, 0.717) is 5.56 Å². The van der Waals surface area contributed by atoms with Gasteiger partial charge < -0.3 is 15.1 Å². The van der Waals surface area contributed by atoms with Crippen molar-refractivity contribution < 1.29 is 29.3 Å². The molecule has 6 nitrogen and oxygen atoms in total. The zero-order valence-corrected chi connectivity index (χ0v) is 13.9. The smallest absolute Gasteiger partial charge is 0.307 e. The van der Waals surface area contributed by atoms with Crippen molar-refractivity contribution in [2.75, 3.05) is 6.16 Å². The fraction of sp³-hybridized carbons (Fsp3) is 0.294. The molecule has 128 valence electrons. The van der Waals surface area contributed by atoms with Gasteiger partial charge in [0.2, 0.25) is 7.37 Å². The van der Waals surface area contributed by atoms with Gasteiger partial charge in [0.1, 0.15) is 0 Å². The first-order valence-electron chi connectivity index (χ1n) is 7.50. The number of benzene rings is 2. The lowest BCUT2D eigenvalue weighted by Crippen LogP contribution is -2.20. The Labute approximate surface area is 139 Å². The Morgan fingerprint density at radius 2 is 1.71 bits per heavy atom. The normalized spacial score (nSPS) is 14.9. The summed E-state index contributed by atoms with van der Waals surface area (Å²) in [7, 11) is -3.76. The van der Waals surface area contributed by atoms with Crippen LogP contribution in [0, 0.1) is 5.92 Å². The van der Waals surface area contributed by atoms with E-state index in [2.05, 4.69) is 0 Å². The summed E-state index contributed by atoms with van der Waals surface area (Å²) in [6, 6.07) is 12.9. The van der Waals surface area contributed by atoms with Crippen LogP contribution in [0.3, 0.4) is 0 Å². The maximum absolute atomic E-state index is 12.5. The molecule has 7 heteroatoms. The van der Waals surface area contributed by atoms with E-state index < -0.39 is 31.4 Å². The second kappa shape index (κ2) is 7.60.